The third-order valence-electron chi connectivity index (χ3n) is 7.27. The lowest BCUT2D eigenvalue weighted by Gasteiger charge is -2.24. The average Bonchev–Trinajstić information content (AvgIpc) is 3.72. The number of benzene rings is 3. The van der Waals surface area contributed by atoms with Crippen molar-refractivity contribution in [1.82, 2.24) is 4.57 Å². The standard InChI is InChI=1S/C36H29N3O5S2/c1-3-42-28-19-23(16-17-27(28)44-22-26-14-9-8-13-25(26)21-37)20-30-34(40)39-33(29-15-10-18-45-29)31(35(41)43-4-2)32(38-36(39)46-30)24-11-6-5-7-12-24/h5-20,33H,3-4,22H2,1-2H3/b30-20+/t33-/m0/s1. The normalized spacial score (nSPS) is 14.3. The van der Waals surface area contributed by atoms with Crippen LogP contribution in [0.1, 0.15) is 47.0 Å². The van der Waals surface area contributed by atoms with Crippen molar-refractivity contribution >= 4 is 40.4 Å². The second-order valence-corrected chi connectivity index (χ2v) is 12.1. The fraction of sp³-hybridized carbons (Fsp3) is 0.167. The van der Waals surface area contributed by atoms with Crippen molar-refractivity contribution < 1.29 is 19.0 Å². The van der Waals surface area contributed by atoms with Gasteiger partial charge in [0.25, 0.3) is 5.56 Å². The van der Waals surface area contributed by atoms with Gasteiger partial charge in [-0.05, 0) is 55.1 Å². The summed E-state index contributed by atoms with van der Waals surface area (Å²) in [5, 5.41) is 11.4. The molecule has 1 atom stereocenters. The van der Waals surface area contributed by atoms with Gasteiger partial charge in [0, 0.05) is 16.0 Å². The van der Waals surface area contributed by atoms with E-state index in [9.17, 15) is 14.9 Å². The zero-order valence-corrected chi connectivity index (χ0v) is 26.8. The van der Waals surface area contributed by atoms with Crippen molar-refractivity contribution in [3.05, 3.63) is 143 Å². The molecule has 0 radical (unpaired) electrons. The highest BCUT2D eigenvalue weighted by Crippen LogP contribution is 2.37. The van der Waals surface area contributed by atoms with Gasteiger partial charge in [-0.1, -0.05) is 72.0 Å². The topological polar surface area (TPSA) is 103 Å². The molecule has 0 bridgehead atoms. The SMILES string of the molecule is CCOC(=O)C1=C(c2ccccc2)N=c2s/c(=C/c3ccc(OCc4ccccc4C#N)c(OCC)c3)c(=O)n2[C@H]1c1cccs1. The van der Waals surface area contributed by atoms with Gasteiger partial charge in [-0.15, -0.1) is 11.3 Å². The molecule has 1 aliphatic heterocycles. The van der Waals surface area contributed by atoms with E-state index in [-0.39, 0.29) is 18.8 Å². The van der Waals surface area contributed by atoms with Crippen molar-refractivity contribution in [3.63, 3.8) is 0 Å². The van der Waals surface area contributed by atoms with Crippen molar-refractivity contribution in [2.45, 2.75) is 26.5 Å². The van der Waals surface area contributed by atoms with E-state index in [1.807, 2.05) is 85.1 Å². The first kappa shape index (κ1) is 30.8. The molecule has 230 valence electrons. The maximum Gasteiger partial charge on any atom is 0.338 e. The molecular weight excluding hydrogens is 619 g/mol. The van der Waals surface area contributed by atoms with E-state index in [1.165, 1.54) is 22.7 Å². The van der Waals surface area contributed by atoms with E-state index >= 15 is 0 Å². The highest BCUT2D eigenvalue weighted by atomic mass is 32.1. The van der Waals surface area contributed by atoms with Crippen LogP contribution in [0.4, 0.5) is 0 Å². The summed E-state index contributed by atoms with van der Waals surface area (Å²) in [6.45, 7) is 4.45. The Labute approximate surface area is 273 Å². The van der Waals surface area contributed by atoms with E-state index in [2.05, 4.69) is 6.07 Å². The number of thiazole rings is 1. The smallest absolute Gasteiger partial charge is 0.338 e. The number of thiophene rings is 1. The molecule has 46 heavy (non-hydrogen) atoms. The highest BCUT2D eigenvalue weighted by molar-refractivity contribution is 7.10. The van der Waals surface area contributed by atoms with Crippen LogP contribution in [0.5, 0.6) is 11.5 Å². The summed E-state index contributed by atoms with van der Waals surface area (Å²) in [4.78, 5) is 33.8. The van der Waals surface area contributed by atoms with Gasteiger partial charge < -0.3 is 14.2 Å². The number of fused-ring (bicyclic) bond motifs is 1. The first-order valence-corrected chi connectivity index (χ1v) is 16.4. The van der Waals surface area contributed by atoms with Gasteiger partial charge in [-0.2, -0.15) is 5.26 Å². The minimum absolute atomic E-state index is 0.193. The Morgan fingerprint density at radius 3 is 2.52 bits per heavy atom. The molecule has 2 aromatic heterocycles. The first-order chi connectivity index (χ1) is 22.5. The molecule has 6 rings (SSSR count). The van der Waals surface area contributed by atoms with E-state index in [4.69, 9.17) is 19.2 Å². The first-order valence-electron chi connectivity index (χ1n) is 14.7. The average molecular weight is 648 g/mol. The fourth-order valence-electron chi connectivity index (χ4n) is 5.22. The van der Waals surface area contributed by atoms with Gasteiger partial charge >= 0.3 is 5.97 Å². The molecule has 0 amide bonds. The van der Waals surface area contributed by atoms with Gasteiger partial charge in [0.15, 0.2) is 16.3 Å². The zero-order valence-electron chi connectivity index (χ0n) is 25.1. The summed E-state index contributed by atoms with van der Waals surface area (Å²) in [6.07, 6.45) is 1.79. The van der Waals surface area contributed by atoms with Gasteiger partial charge in [0.2, 0.25) is 0 Å². The highest BCUT2D eigenvalue weighted by Gasteiger charge is 2.35. The number of carbonyl (C=O) groups is 1. The molecule has 0 aliphatic carbocycles. The molecule has 0 N–H and O–H groups in total. The molecular formula is C36H29N3O5S2. The minimum Gasteiger partial charge on any atom is -0.490 e. The summed E-state index contributed by atoms with van der Waals surface area (Å²) in [7, 11) is 0. The molecule has 3 aromatic carbocycles. The van der Waals surface area contributed by atoms with Crippen molar-refractivity contribution in [2.75, 3.05) is 13.2 Å². The number of ether oxygens (including phenoxy) is 3. The van der Waals surface area contributed by atoms with Gasteiger partial charge in [0.05, 0.1) is 40.6 Å². The Morgan fingerprint density at radius 2 is 1.78 bits per heavy atom. The Kier molecular flexibility index (Phi) is 9.24. The monoisotopic (exact) mass is 647 g/mol. The zero-order chi connectivity index (χ0) is 32.0. The number of carbonyl (C=O) groups excluding carboxylic acids is 1. The van der Waals surface area contributed by atoms with Crippen LogP contribution in [0.15, 0.2) is 106 Å². The second-order valence-electron chi connectivity index (χ2n) is 10.1. The molecule has 0 unspecified atom stereocenters. The maximum absolute atomic E-state index is 14.1. The molecule has 8 nitrogen and oxygen atoms in total. The molecule has 3 heterocycles. The lowest BCUT2D eigenvalue weighted by molar-refractivity contribution is -0.138. The number of rotatable bonds is 10. The molecule has 5 aromatic rings. The van der Waals surface area contributed by atoms with Gasteiger partial charge in [-0.3, -0.25) is 9.36 Å². The quantitative estimate of drug-likeness (QED) is 0.176. The number of esters is 1. The molecule has 1 aliphatic rings. The summed E-state index contributed by atoms with van der Waals surface area (Å²) in [5.41, 5.74) is 3.38. The summed E-state index contributed by atoms with van der Waals surface area (Å²) >= 11 is 2.73. The molecule has 10 heteroatoms. The number of hydrogen-bond donors (Lipinski definition) is 0. The Bertz CT molecular complexity index is 2140. The molecule has 0 saturated carbocycles. The number of nitrogens with zero attached hydrogens (tertiary/aromatic N) is 3. The second kappa shape index (κ2) is 13.8. The molecule has 0 saturated heterocycles. The third-order valence-corrected chi connectivity index (χ3v) is 9.18. The Morgan fingerprint density at radius 1 is 0.978 bits per heavy atom. The van der Waals surface area contributed by atoms with Crippen LogP contribution in [0.25, 0.3) is 11.8 Å². The third kappa shape index (κ3) is 6.15. The van der Waals surface area contributed by atoms with Gasteiger partial charge in [0.1, 0.15) is 12.6 Å². The maximum atomic E-state index is 14.1. The van der Waals surface area contributed by atoms with Crippen molar-refractivity contribution in [2.24, 2.45) is 4.99 Å². The Hall–Kier alpha value is -5.24. The van der Waals surface area contributed by atoms with Crippen LogP contribution in [0.2, 0.25) is 0 Å². The van der Waals surface area contributed by atoms with Gasteiger partial charge in [-0.25, -0.2) is 9.79 Å². The fourth-order valence-corrected chi connectivity index (χ4v) is 7.05. The van der Waals surface area contributed by atoms with E-state index < -0.39 is 12.0 Å². The van der Waals surface area contributed by atoms with Crippen LogP contribution in [0.3, 0.4) is 0 Å². The van der Waals surface area contributed by atoms with Crippen LogP contribution in [0, 0.1) is 11.3 Å². The van der Waals surface area contributed by atoms with Crippen LogP contribution >= 0.6 is 22.7 Å². The number of aromatic nitrogens is 1. The van der Waals surface area contributed by atoms with E-state index in [1.54, 1.807) is 29.7 Å². The summed E-state index contributed by atoms with van der Waals surface area (Å²) < 4.78 is 19.5. The van der Waals surface area contributed by atoms with Crippen molar-refractivity contribution in [1.29, 1.82) is 5.26 Å². The van der Waals surface area contributed by atoms with Crippen LogP contribution < -0.4 is 24.4 Å². The number of hydrogen-bond acceptors (Lipinski definition) is 9. The lowest BCUT2D eigenvalue weighted by Crippen LogP contribution is -2.39. The predicted octanol–water partition coefficient (Wildman–Crippen LogP) is 5.85. The largest absolute Gasteiger partial charge is 0.490 e. The molecule has 0 spiro atoms. The molecule has 0 fully saturated rings. The predicted molar refractivity (Wildman–Crippen MR) is 178 cm³/mol. The minimum atomic E-state index is -0.696. The van der Waals surface area contributed by atoms with E-state index in [0.717, 1.165) is 21.6 Å². The van der Waals surface area contributed by atoms with E-state index in [0.29, 0.717) is 44.3 Å². The summed E-state index contributed by atoms with van der Waals surface area (Å²) in [6, 6.07) is 27.5. The summed E-state index contributed by atoms with van der Waals surface area (Å²) in [5.74, 6) is 0.537. The van der Waals surface area contributed by atoms with Crippen LogP contribution in [-0.4, -0.2) is 23.8 Å². The van der Waals surface area contributed by atoms with Crippen LogP contribution in [-0.2, 0) is 16.1 Å². The Balaban J connectivity index is 1.44. The number of nitriles is 1. The van der Waals surface area contributed by atoms with Crippen molar-refractivity contribution in [3.8, 4) is 17.6 Å². The lowest BCUT2D eigenvalue weighted by atomic mass is 9.97.